The maximum atomic E-state index is 13.4. The van der Waals surface area contributed by atoms with Crippen LogP contribution in [0.2, 0.25) is 0 Å². The fourth-order valence-corrected chi connectivity index (χ4v) is 4.81. The number of esters is 1. The molecule has 0 N–H and O–H groups in total. The van der Waals surface area contributed by atoms with Crippen LogP contribution in [0, 0.1) is 23.0 Å². The Bertz CT molecular complexity index is 1180. The van der Waals surface area contributed by atoms with Gasteiger partial charge >= 0.3 is 5.97 Å². The highest BCUT2D eigenvalue weighted by molar-refractivity contribution is 6.08. The maximum absolute atomic E-state index is 13.4. The van der Waals surface area contributed by atoms with E-state index in [0.717, 1.165) is 43.6 Å². The highest BCUT2D eigenvalue weighted by Gasteiger charge is 2.41. The number of ketones is 1. The quantitative estimate of drug-likeness (QED) is 0.161. The van der Waals surface area contributed by atoms with E-state index in [1.54, 1.807) is 26.0 Å². The van der Waals surface area contributed by atoms with Gasteiger partial charge in [-0.25, -0.2) is 0 Å². The zero-order chi connectivity index (χ0) is 26.2. The summed E-state index contributed by atoms with van der Waals surface area (Å²) in [5, 5.41) is 15.3. The molecule has 1 aliphatic heterocycles. The van der Waals surface area contributed by atoms with Gasteiger partial charge in [0.25, 0.3) is 5.69 Å². The molecule has 0 fully saturated rings. The van der Waals surface area contributed by atoms with Gasteiger partial charge in [-0.05, 0) is 39.2 Å². The van der Waals surface area contributed by atoms with Crippen molar-refractivity contribution in [3.05, 3.63) is 68.7 Å². The van der Waals surface area contributed by atoms with E-state index < -0.39 is 22.7 Å². The molecular weight excluding hydrogens is 462 g/mol. The Morgan fingerprint density at radius 1 is 1.08 bits per heavy atom. The van der Waals surface area contributed by atoms with Crippen molar-refractivity contribution in [2.24, 2.45) is 10.9 Å². The SMILES string of the molecule is COC(=O)C1C(C)=NC(C)=C(C(=O)CCCCCCCc2cc(C)no2)C1c1cccc([N+](=O)[O-])c1. The zero-order valence-electron chi connectivity index (χ0n) is 21.3. The minimum absolute atomic E-state index is 0.0914. The number of benzene rings is 1. The van der Waals surface area contributed by atoms with Crippen LogP contribution in [0.1, 0.15) is 75.3 Å². The van der Waals surface area contributed by atoms with Crippen molar-refractivity contribution in [2.45, 2.75) is 71.6 Å². The van der Waals surface area contributed by atoms with Crippen LogP contribution in [-0.4, -0.2) is 34.7 Å². The van der Waals surface area contributed by atoms with E-state index in [4.69, 9.17) is 9.26 Å². The number of allylic oxidation sites excluding steroid dienone is 2. The Morgan fingerprint density at radius 3 is 2.47 bits per heavy atom. The molecule has 192 valence electrons. The number of aromatic nitrogens is 1. The van der Waals surface area contributed by atoms with Gasteiger partial charge < -0.3 is 9.26 Å². The van der Waals surface area contributed by atoms with E-state index in [1.165, 1.54) is 19.2 Å². The van der Waals surface area contributed by atoms with Crippen molar-refractivity contribution < 1.29 is 23.8 Å². The van der Waals surface area contributed by atoms with Crippen LogP contribution in [-0.2, 0) is 20.7 Å². The van der Waals surface area contributed by atoms with Crippen molar-refractivity contribution in [1.82, 2.24) is 5.16 Å². The van der Waals surface area contributed by atoms with Crippen molar-refractivity contribution in [3.63, 3.8) is 0 Å². The van der Waals surface area contributed by atoms with Crippen molar-refractivity contribution in [3.8, 4) is 0 Å². The Morgan fingerprint density at radius 2 is 1.81 bits per heavy atom. The molecule has 0 aliphatic carbocycles. The molecule has 0 saturated heterocycles. The third-order valence-corrected chi connectivity index (χ3v) is 6.53. The standard InChI is InChI=1S/C27H33N3O6/c1-17-15-22(36-29-17)13-8-6-5-7-9-14-23(31)24-18(2)28-19(3)25(27(32)35-4)26(24)20-11-10-12-21(16-20)30(33)34/h10-12,15-16,25-26H,5-9,13-14H2,1-4H3. The molecule has 0 bridgehead atoms. The Labute approximate surface area is 210 Å². The third kappa shape index (κ3) is 6.53. The number of nitrogens with zero attached hydrogens (tertiary/aromatic N) is 3. The number of hydrogen-bond acceptors (Lipinski definition) is 8. The second-order valence-electron chi connectivity index (χ2n) is 9.21. The maximum Gasteiger partial charge on any atom is 0.315 e. The first-order valence-electron chi connectivity index (χ1n) is 12.3. The molecule has 1 aromatic carbocycles. The second kappa shape index (κ2) is 12.4. The summed E-state index contributed by atoms with van der Waals surface area (Å²) in [5.41, 5.74) is 2.80. The summed E-state index contributed by atoms with van der Waals surface area (Å²) in [7, 11) is 1.29. The van der Waals surface area contributed by atoms with Gasteiger partial charge in [0.05, 0.1) is 17.7 Å². The highest BCUT2D eigenvalue weighted by Crippen LogP contribution is 2.41. The molecule has 1 aliphatic rings. The minimum Gasteiger partial charge on any atom is -0.468 e. The van der Waals surface area contributed by atoms with E-state index in [1.807, 2.05) is 13.0 Å². The third-order valence-electron chi connectivity index (χ3n) is 6.53. The fourth-order valence-electron chi connectivity index (χ4n) is 4.81. The van der Waals surface area contributed by atoms with Crippen LogP contribution in [0.15, 0.2) is 51.1 Å². The summed E-state index contributed by atoms with van der Waals surface area (Å²) >= 11 is 0. The number of Topliss-reactive ketones (excluding diaryl/α,β-unsaturated/α-hetero) is 1. The lowest BCUT2D eigenvalue weighted by molar-refractivity contribution is -0.384. The molecule has 0 radical (unpaired) electrons. The monoisotopic (exact) mass is 495 g/mol. The molecule has 9 nitrogen and oxygen atoms in total. The van der Waals surface area contributed by atoms with Crippen molar-refractivity contribution >= 4 is 23.2 Å². The van der Waals surface area contributed by atoms with Crippen LogP contribution in [0.5, 0.6) is 0 Å². The summed E-state index contributed by atoms with van der Waals surface area (Å²) in [4.78, 5) is 41.6. The van der Waals surface area contributed by atoms with Gasteiger partial charge in [-0.1, -0.05) is 36.6 Å². The molecule has 2 aromatic rings. The van der Waals surface area contributed by atoms with Crippen LogP contribution >= 0.6 is 0 Å². The Hall–Kier alpha value is -3.62. The molecule has 2 atom stereocenters. The number of methoxy groups -OCH3 is 1. The Balaban J connectivity index is 1.69. The number of carbonyl (C=O) groups excluding carboxylic acids is 2. The van der Waals surface area contributed by atoms with Gasteiger partial charge in [0.2, 0.25) is 0 Å². The van der Waals surface area contributed by atoms with E-state index in [0.29, 0.717) is 35.4 Å². The summed E-state index contributed by atoms with van der Waals surface area (Å²) in [6.45, 7) is 5.37. The predicted octanol–water partition coefficient (Wildman–Crippen LogP) is 5.66. The van der Waals surface area contributed by atoms with Crippen molar-refractivity contribution in [2.75, 3.05) is 7.11 Å². The molecule has 3 rings (SSSR count). The molecule has 0 amide bonds. The van der Waals surface area contributed by atoms with Gasteiger partial charge in [-0.15, -0.1) is 0 Å². The van der Waals surface area contributed by atoms with Gasteiger partial charge in [0.1, 0.15) is 11.7 Å². The van der Waals surface area contributed by atoms with Crippen molar-refractivity contribution in [1.29, 1.82) is 0 Å². The number of unbranched alkanes of at least 4 members (excludes halogenated alkanes) is 4. The number of ether oxygens (including phenoxy) is 1. The topological polar surface area (TPSA) is 125 Å². The second-order valence-corrected chi connectivity index (χ2v) is 9.21. The first-order valence-corrected chi connectivity index (χ1v) is 12.3. The fraction of sp³-hybridized carbons (Fsp3) is 0.481. The minimum atomic E-state index is -0.820. The normalized spacial score (nSPS) is 17.6. The predicted molar refractivity (Wildman–Crippen MR) is 135 cm³/mol. The number of aliphatic imine (C=N–C) groups is 1. The Kier molecular flexibility index (Phi) is 9.27. The number of non-ortho nitro benzene ring substituents is 1. The molecule has 2 heterocycles. The molecule has 2 unspecified atom stereocenters. The number of nitro groups is 1. The van der Waals surface area contributed by atoms with E-state index >= 15 is 0 Å². The lowest BCUT2D eigenvalue weighted by Crippen LogP contribution is -2.35. The van der Waals surface area contributed by atoms with E-state index in [-0.39, 0.29) is 11.5 Å². The summed E-state index contributed by atoms with van der Waals surface area (Å²) in [6, 6.07) is 8.05. The molecule has 9 heteroatoms. The molecule has 0 spiro atoms. The molecule has 0 saturated carbocycles. The largest absolute Gasteiger partial charge is 0.468 e. The van der Waals surface area contributed by atoms with E-state index in [2.05, 4.69) is 10.1 Å². The number of aryl methyl sites for hydroxylation is 2. The lowest BCUT2D eigenvalue weighted by atomic mass is 9.73. The van der Waals surface area contributed by atoms with Gasteiger partial charge in [0.15, 0.2) is 5.78 Å². The smallest absolute Gasteiger partial charge is 0.315 e. The first-order chi connectivity index (χ1) is 17.2. The molecule has 1 aromatic heterocycles. The molecular formula is C27H33N3O6. The number of hydrogen-bond donors (Lipinski definition) is 0. The van der Waals surface area contributed by atoms with Crippen LogP contribution in [0.4, 0.5) is 5.69 Å². The molecule has 36 heavy (non-hydrogen) atoms. The van der Waals surface area contributed by atoms with E-state index in [9.17, 15) is 19.7 Å². The average Bonchev–Trinajstić information content (AvgIpc) is 3.27. The van der Waals surface area contributed by atoms with Crippen LogP contribution in [0.3, 0.4) is 0 Å². The van der Waals surface area contributed by atoms with Crippen LogP contribution < -0.4 is 0 Å². The number of rotatable bonds is 12. The van der Waals surface area contributed by atoms with Gasteiger partial charge in [0, 0.05) is 53.9 Å². The summed E-state index contributed by atoms with van der Waals surface area (Å²) < 4.78 is 10.3. The lowest BCUT2D eigenvalue weighted by Gasteiger charge is -2.31. The average molecular weight is 496 g/mol. The summed E-state index contributed by atoms with van der Waals surface area (Å²) in [5.74, 6) is -1.23. The highest BCUT2D eigenvalue weighted by atomic mass is 16.6. The van der Waals surface area contributed by atoms with Crippen LogP contribution in [0.25, 0.3) is 0 Å². The summed E-state index contributed by atoms with van der Waals surface area (Å²) in [6.07, 6.45) is 5.80. The number of carbonyl (C=O) groups is 2. The number of nitro benzene ring substituents is 1. The first kappa shape index (κ1) is 27.0. The van der Waals surface area contributed by atoms with Gasteiger partial charge in [-0.3, -0.25) is 24.7 Å². The van der Waals surface area contributed by atoms with Gasteiger partial charge in [-0.2, -0.15) is 0 Å². The zero-order valence-corrected chi connectivity index (χ0v) is 21.3.